The van der Waals surface area contributed by atoms with E-state index in [9.17, 15) is 4.79 Å². The number of halogens is 2. The van der Waals surface area contributed by atoms with E-state index in [1.807, 2.05) is 48.5 Å². The van der Waals surface area contributed by atoms with E-state index in [0.717, 1.165) is 11.1 Å². The maximum Gasteiger partial charge on any atom is 0.147 e. The highest BCUT2D eigenvalue weighted by atomic mass is 35.5. The van der Waals surface area contributed by atoms with Gasteiger partial charge in [0.15, 0.2) is 0 Å². The van der Waals surface area contributed by atoms with Crippen LogP contribution in [0.5, 0.6) is 0 Å². The summed E-state index contributed by atoms with van der Waals surface area (Å²) in [6, 6.07) is 15.6. The van der Waals surface area contributed by atoms with Gasteiger partial charge in [-0.3, -0.25) is 4.79 Å². The molecule has 0 spiro atoms. The molecule has 0 amide bonds. The van der Waals surface area contributed by atoms with E-state index in [0.29, 0.717) is 23.0 Å². The third kappa shape index (κ3) is 3.29. The smallest absolute Gasteiger partial charge is 0.147 e. The van der Waals surface area contributed by atoms with Gasteiger partial charge in [-0.1, -0.05) is 47.5 Å². The van der Waals surface area contributed by atoms with Crippen LogP contribution in [0, 0.1) is 0 Å². The molecule has 2 aromatic carbocycles. The maximum atomic E-state index is 11.8. The second kappa shape index (κ2) is 6.18. The quantitative estimate of drug-likeness (QED) is 0.890. The van der Waals surface area contributed by atoms with Crippen molar-refractivity contribution >= 4 is 29.0 Å². The van der Waals surface area contributed by atoms with Crippen LogP contribution in [-0.4, -0.2) is 12.3 Å². The van der Waals surface area contributed by atoms with Crippen LogP contribution in [0.2, 0.25) is 10.0 Å². The van der Waals surface area contributed by atoms with E-state index in [4.69, 9.17) is 23.2 Å². The average molecular weight is 320 g/mol. The van der Waals surface area contributed by atoms with Crippen LogP contribution < -0.4 is 5.32 Å². The van der Waals surface area contributed by atoms with Gasteiger partial charge in [0, 0.05) is 28.4 Å². The Morgan fingerprint density at radius 3 is 2.43 bits per heavy atom. The molecule has 1 saturated heterocycles. The van der Waals surface area contributed by atoms with Crippen molar-refractivity contribution in [2.45, 2.75) is 18.4 Å². The van der Waals surface area contributed by atoms with Crippen LogP contribution in [0.3, 0.4) is 0 Å². The first kappa shape index (κ1) is 14.6. The first-order valence-corrected chi connectivity index (χ1v) is 7.65. The molecular formula is C17H15Cl2NO. The first-order valence-electron chi connectivity index (χ1n) is 6.89. The summed E-state index contributed by atoms with van der Waals surface area (Å²) in [5, 5.41) is 4.74. The molecule has 0 aromatic heterocycles. The second-order valence-electron chi connectivity index (χ2n) is 5.31. The summed E-state index contributed by atoms with van der Waals surface area (Å²) in [5.74, 6) is 0.316. The Morgan fingerprint density at radius 1 is 0.952 bits per heavy atom. The van der Waals surface area contributed by atoms with E-state index < -0.39 is 0 Å². The molecule has 1 N–H and O–H groups in total. The molecule has 1 heterocycles. The van der Waals surface area contributed by atoms with E-state index in [2.05, 4.69) is 5.32 Å². The molecular weight excluding hydrogens is 305 g/mol. The molecule has 2 nitrogen and oxygen atoms in total. The van der Waals surface area contributed by atoms with E-state index in [1.165, 1.54) is 0 Å². The van der Waals surface area contributed by atoms with Crippen LogP contribution in [0.25, 0.3) is 0 Å². The predicted molar refractivity (Wildman–Crippen MR) is 86.0 cm³/mol. The zero-order valence-corrected chi connectivity index (χ0v) is 12.9. The summed E-state index contributed by atoms with van der Waals surface area (Å²) >= 11 is 12.0. The molecule has 0 radical (unpaired) electrons. The highest BCUT2D eigenvalue weighted by molar-refractivity contribution is 6.30. The van der Waals surface area contributed by atoms with Crippen molar-refractivity contribution in [3.63, 3.8) is 0 Å². The van der Waals surface area contributed by atoms with Crippen LogP contribution in [-0.2, 0) is 4.79 Å². The Bertz CT molecular complexity index is 654. The minimum absolute atomic E-state index is 0.0890. The van der Waals surface area contributed by atoms with Gasteiger partial charge < -0.3 is 5.32 Å². The molecule has 1 aliphatic rings. The number of Topliss-reactive ketones (excluding diaryl/α,β-unsaturated/α-hetero) is 1. The molecule has 0 bridgehead atoms. The molecule has 1 aliphatic heterocycles. The maximum absolute atomic E-state index is 11.8. The highest BCUT2D eigenvalue weighted by Gasteiger charge is 2.31. The third-order valence-electron chi connectivity index (χ3n) is 3.88. The molecule has 1 fully saturated rings. The monoisotopic (exact) mass is 319 g/mol. The lowest BCUT2D eigenvalue weighted by atomic mass is 9.81. The van der Waals surface area contributed by atoms with Crippen LogP contribution in [0.1, 0.15) is 29.5 Å². The summed E-state index contributed by atoms with van der Waals surface area (Å²) in [6.07, 6.45) is 0.528. The molecule has 0 aliphatic carbocycles. The van der Waals surface area contributed by atoms with Crippen molar-refractivity contribution in [1.29, 1.82) is 0 Å². The average Bonchev–Trinajstić information content (AvgIpc) is 2.48. The van der Waals surface area contributed by atoms with Crippen molar-refractivity contribution in [2.24, 2.45) is 0 Å². The van der Waals surface area contributed by atoms with Gasteiger partial charge in [0.1, 0.15) is 5.78 Å². The van der Waals surface area contributed by atoms with Gasteiger partial charge in [-0.15, -0.1) is 0 Å². The van der Waals surface area contributed by atoms with E-state index in [1.54, 1.807) is 0 Å². The number of carbonyl (C=O) groups excluding carboxylic acids is 1. The van der Waals surface area contributed by atoms with E-state index in [-0.39, 0.29) is 17.7 Å². The van der Waals surface area contributed by atoms with Crippen molar-refractivity contribution in [2.75, 3.05) is 6.54 Å². The zero-order valence-electron chi connectivity index (χ0n) is 11.4. The number of nitrogens with one attached hydrogen (secondary N) is 1. The van der Waals surface area contributed by atoms with Crippen LogP contribution >= 0.6 is 23.2 Å². The Balaban J connectivity index is 1.96. The highest BCUT2D eigenvalue weighted by Crippen LogP contribution is 2.37. The van der Waals surface area contributed by atoms with Gasteiger partial charge in [0.05, 0.1) is 6.54 Å². The molecule has 108 valence electrons. The third-order valence-corrected chi connectivity index (χ3v) is 4.36. The molecule has 2 atom stereocenters. The summed E-state index contributed by atoms with van der Waals surface area (Å²) in [7, 11) is 0. The van der Waals surface area contributed by atoms with Gasteiger partial charge in [0.2, 0.25) is 0 Å². The fourth-order valence-electron chi connectivity index (χ4n) is 2.87. The molecule has 21 heavy (non-hydrogen) atoms. The zero-order chi connectivity index (χ0) is 14.8. The molecule has 0 saturated carbocycles. The van der Waals surface area contributed by atoms with Crippen molar-refractivity contribution < 1.29 is 4.79 Å². The summed E-state index contributed by atoms with van der Waals surface area (Å²) in [5.41, 5.74) is 2.22. The predicted octanol–water partition coefficient (Wildman–Crippen LogP) is 4.38. The number of rotatable bonds is 2. The number of hydrogen-bond acceptors (Lipinski definition) is 2. The SMILES string of the molecule is O=C1CN[C@H](c2ccc(Cl)cc2)[C@@H](c2cccc(Cl)c2)C1. The fraction of sp³-hybridized carbons (Fsp3) is 0.235. The standard InChI is InChI=1S/C17H15Cl2NO/c18-13-6-4-11(5-7-13)17-16(9-15(21)10-20-17)12-2-1-3-14(19)8-12/h1-8,16-17,20H,9-10H2/t16-,17-/m1/s1. The van der Waals surface area contributed by atoms with Crippen molar-refractivity contribution in [3.8, 4) is 0 Å². The number of hydrogen-bond donors (Lipinski definition) is 1. The van der Waals surface area contributed by atoms with Crippen molar-refractivity contribution in [3.05, 3.63) is 69.7 Å². The Labute approximate surface area is 134 Å². The van der Waals surface area contributed by atoms with Crippen LogP contribution in [0.15, 0.2) is 48.5 Å². The largest absolute Gasteiger partial charge is 0.303 e. The Morgan fingerprint density at radius 2 is 1.71 bits per heavy atom. The second-order valence-corrected chi connectivity index (χ2v) is 6.19. The van der Waals surface area contributed by atoms with Crippen LogP contribution in [0.4, 0.5) is 0 Å². The Kier molecular flexibility index (Phi) is 4.29. The number of benzene rings is 2. The van der Waals surface area contributed by atoms with Gasteiger partial charge in [-0.05, 0) is 35.4 Å². The fourth-order valence-corrected chi connectivity index (χ4v) is 3.19. The number of carbonyl (C=O) groups is 1. The normalized spacial score (nSPS) is 22.3. The van der Waals surface area contributed by atoms with Crippen molar-refractivity contribution in [1.82, 2.24) is 5.32 Å². The summed E-state index contributed by atoms with van der Waals surface area (Å²) in [4.78, 5) is 11.8. The lowest BCUT2D eigenvalue weighted by Crippen LogP contribution is -2.38. The van der Waals surface area contributed by atoms with E-state index >= 15 is 0 Å². The minimum atomic E-state index is 0.0890. The van der Waals surface area contributed by atoms with Gasteiger partial charge in [-0.2, -0.15) is 0 Å². The lowest BCUT2D eigenvalue weighted by Gasteiger charge is -2.32. The number of piperidine rings is 1. The van der Waals surface area contributed by atoms with Gasteiger partial charge in [-0.25, -0.2) is 0 Å². The Hall–Kier alpha value is -1.35. The molecule has 3 rings (SSSR count). The lowest BCUT2D eigenvalue weighted by molar-refractivity contribution is -0.120. The molecule has 4 heteroatoms. The minimum Gasteiger partial charge on any atom is -0.303 e. The first-order chi connectivity index (χ1) is 10.1. The van der Waals surface area contributed by atoms with Gasteiger partial charge >= 0.3 is 0 Å². The summed E-state index contributed by atoms with van der Waals surface area (Å²) in [6.45, 7) is 0.407. The number of ketones is 1. The molecule has 2 aromatic rings. The molecule has 0 unspecified atom stereocenters. The summed E-state index contributed by atoms with van der Waals surface area (Å²) < 4.78 is 0. The topological polar surface area (TPSA) is 29.1 Å². The van der Waals surface area contributed by atoms with Gasteiger partial charge in [0.25, 0.3) is 0 Å².